The molecule has 2 aliphatic rings. The number of nitriles is 1. The minimum atomic E-state index is -0.684. The minimum absolute atomic E-state index is 0.0219. The summed E-state index contributed by atoms with van der Waals surface area (Å²) in [7, 11) is 1.43. The molecule has 1 aromatic heterocycles. The Morgan fingerprint density at radius 1 is 1.27 bits per heavy atom. The van der Waals surface area contributed by atoms with Gasteiger partial charge >= 0.3 is 0 Å². The van der Waals surface area contributed by atoms with Crippen molar-refractivity contribution in [1.82, 2.24) is 14.8 Å². The number of hydrogen-bond acceptors (Lipinski definition) is 5. The van der Waals surface area contributed by atoms with Crippen LogP contribution in [0.15, 0.2) is 47.4 Å². The number of benzene rings is 1. The Morgan fingerprint density at radius 3 is 2.73 bits per heavy atom. The number of pyridine rings is 1. The molecule has 2 fully saturated rings. The number of nitrogens with zero attached hydrogens (tertiary/aromatic N) is 3. The Labute approximate surface area is 173 Å². The van der Waals surface area contributed by atoms with Crippen molar-refractivity contribution in [3.8, 4) is 17.5 Å². The van der Waals surface area contributed by atoms with E-state index in [-0.39, 0.29) is 35.1 Å². The fourth-order valence-electron chi connectivity index (χ4n) is 4.26. The first-order chi connectivity index (χ1) is 14.5. The molecule has 0 saturated carbocycles. The minimum Gasteiger partial charge on any atom is -0.496 e. The molecule has 3 unspecified atom stereocenters. The van der Waals surface area contributed by atoms with Crippen molar-refractivity contribution in [2.75, 3.05) is 20.2 Å². The number of fused-ring (bicyclic) bond motifs is 1. The predicted molar refractivity (Wildman–Crippen MR) is 108 cm³/mol. The number of aromatic nitrogens is 1. The lowest BCUT2D eigenvalue weighted by molar-refractivity contribution is -0.128. The van der Waals surface area contributed by atoms with Crippen molar-refractivity contribution < 1.29 is 14.3 Å². The zero-order valence-electron chi connectivity index (χ0n) is 16.6. The number of rotatable bonds is 3. The number of para-hydroxylation sites is 1. The monoisotopic (exact) mass is 406 g/mol. The molecule has 3 heterocycles. The molecule has 8 nitrogen and oxygen atoms in total. The topological polar surface area (TPSA) is 104 Å². The van der Waals surface area contributed by atoms with Crippen LogP contribution in [0.1, 0.15) is 23.2 Å². The molecule has 0 bridgehead atoms. The highest BCUT2D eigenvalue weighted by atomic mass is 16.5. The summed E-state index contributed by atoms with van der Waals surface area (Å²) in [4.78, 5) is 39.5. The second kappa shape index (κ2) is 8.03. The zero-order valence-corrected chi connectivity index (χ0v) is 16.6. The Balaban J connectivity index is 1.62. The zero-order chi connectivity index (χ0) is 21.3. The number of amides is 2. The quantitative estimate of drug-likeness (QED) is 0.828. The molecule has 8 heteroatoms. The van der Waals surface area contributed by atoms with Crippen molar-refractivity contribution in [2.24, 2.45) is 11.8 Å². The second-order valence-corrected chi connectivity index (χ2v) is 7.63. The molecule has 0 radical (unpaired) electrons. The van der Waals surface area contributed by atoms with Crippen molar-refractivity contribution in [2.45, 2.75) is 18.9 Å². The van der Waals surface area contributed by atoms with Gasteiger partial charge in [-0.05, 0) is 30.9 Å². The van der Waals surface area contributed by atoms with E-state index >= 15 is 0 Å². The van der Waals surface area contributed by atoms with E-state index in [1.54, 1.807) is 17.0 Å². The van der Waals surface area contributed by atoms with Crippen LogP contribution in [-0.4, -0.2) is 47.5 Å². The molecular weight excluding hydrogens is 384 g/mol. The van der Waals surface area contributed by atoms with Gasteiger partial charge in [-0.15, -0.1) is 0 Å². The molecule has 30 heavy (non-hydrogen) atoms. The molecule has 1 N–H and O–H groups in total. The Bertz CT molecular complexity index is 1070. The summed E-state index contributed by atoms with van der Waals surface area (Å²) in [5.74, 6) is -0.895. The van der Waals surface area contributed by atoms with E-state index in [2.05, 4.69) is 5.32 Å². The number of hydrogen-bond donors (Lipinski definition) is 1. The van der Waals surface area contributed by atoms with E-state index < -0.39 is 5.92 Å². The summed E-state index contributed by atoms with van der Waals surface area (Å²) < 4.78 is 6.75. The molecule has 0 aliphatic carbocycles. The fourth-order valence-corrected chi connectivity index (χ4v) is 4.26. The second-order valence-electron chi connectivity index (χ2n) is 7.63. The largest absolute Gasteiger partial charge is 0.496 e. The fraction of sp³-hybridized carbons (Fsp3) is 0.364. The van der Waals surface area contributed by atoms with Gasteiger partial charge in [0.2, 0.25) is 5.91 Å². The standard InChI is InChI=1S/C22H22N4O4/c1-30-19-10-20(27)26(16-5-3-2-4-6-16)13-17(19)22(29)25-8-7-18-15(12-25)9-14(11-23)21(28)24-18/h2-6,10,13-15,18H,7-9,12H2,1H3,(H,24,28). The lowest BCUT2D eigenvalue weighted by Gasteiger charge is -2.42. The molecule has 0 spiro atoms. The van der Waals surface area contributed by atoms with Gasteiger partial charge in [0, 0.05) is 37.1 Å². The van der Waals surface area contributed by atoms with Gasteiger partial charge in [-0.25, -0.2) is 0 Å². The van der Waals surface area contributed by atoms with Gasteiger partial charge in [-0.3, -0.25) is 19.0 Å². The summed E-state index contributed by atoms with van der Waals surface area (Å²) in [5.41, 5.74) is 0.668. The van der Waals surface area contributed by atoms with Gasteiger partial charge in [-0.1, -0.05) is 18.2 Å². The molecule has 2 aliphatic heterocycles. The average molecular weight is 406 g/mol. The van der Waals surface area contributed by atoms with E-state index in [1.165, 1.54) is 23.9 Å². The van der Waals surface area contributed by atoms with Gasteiger partial charge in [0.05, 0.1) is 18.7 Å². The normalized spacial score (nSPS) is 23.1. The molecule has 154 valence electrons. The van der Waals surface area contributed by atoms with Crippen molar-refractivity contribution in [3.63, 3.8) is 0 Å². The number of carbonyl (C=O) groups excluding carboxylic acids is 2. The van der Waals surface area contributed by atoms with Crippen LogP contribution in [0.5, 0.6) is 5.75 Å². The third-order valence-electron chi connectivity index (χ3n) is 5.86. The van der Waals surface area contributed by atoms with Gasteiger partial charge in [0.25, 0.3) is 11.5 Å². The van der Waals surface area contributed by atoms with Crippen molar-refractivity contribution >= 4 is 11.8 Å². The first kappa shape index (κ1) is 19.7. The van der Waals surface area contributed by atoms with Gasteiger partial charge in [-0.2, -0.15) is 5.26 Å². The molecule has 2 saturated heterocycles. The maximum atomic E-state index is 13.3. The SMILES string of the molecule is COc1cc(=O)n(-c2ccccc2)cc1C(=O)N1CCC2NC(=O)C(C#N)CC2C1. The average Bonchev–Trinajstić information content (AvgIpc) is 2.78. The van der Waals surface area contributed by atoms with Crippen molar-refractivity contribution in [1.29, 1.82) is 5.26 Å². The number of carbonyl (C=O) groups is 2. The number of methoxy groups -OCH3 is 1. The maximum absolute atomic E-state index is 13.3. The molecule has 3 atom stereocenters. The van der Waals surface area contributed by atoms with E-state index in [4.69, 9.17) is 4.74 Å². The summed E-state index contributed by atoms with van der Waals surface area (Å²) in [6.07, 6.45) is 2.59. The number of ether oxygens (including phenoxy) is 1. The number of likely N-dealkylation sites (tertiary alicyclic amines) is 1. The van der Waals surface area contributed by atoms with E-state index in [0.29, 0.717) is 37.2 Å². The maximum Gasteiger partial charge on any atom is 0.259 e. The van der Waals surface area contributed by atoms with Gasteiger partial charge in [0.1, 0.15) is 11.7 Å². The molecule has 4 rings (SSSR count). The summed E-state index contributed by atoms with van der Waals surface area (Å²) in [5, 5.41) is 12.1. The Morgan fingerprint density at radius 2 is 2.03 bits per heavy atom. The van der Waals surface area contributed by atoms with Gasteiger partial charge in [0.15, 0.2) is 0 Å². The Hall–Kier alpha value is -3.60. The van der Waals surface area contributed by atoms with E-state index in [9.17, 15) is 19.6 Å². The summed E-state index contributed by atoms with van der Waals surface area (Å²) >= 11 is 0. The van der Waals surface area contributed by atoms with Crippen LogP contribution in [0.4, 0.5) is 0 Å². The third kappa shape index (κ3) is 3.54. The smallest absolute Gasteiger partial charge is 0.259 e. The van der Waals surface area contributed by atoms with Crippen LogP contribution in [0.3, 0.4) is 0 Å². The van der Waals surface area contributed by atoms with E-state index in [1.807, 2.05) is 24.3 Å². The molecular formula is C22H22N4O4. The lowest BCUT2D eigenvalue weighted by Crippen LogP contribution is -2.57. The van der Waals surface area contributed by atoms with Crippen LogP contribution in [-0.2, 0) is 4.79 Å². The first-order valence-electron chi connectivity index (χ1n) is 9.87. The summed E-state index contributed by atoms with van der Waals surface area (Å²) in [6.45, 7) is 0.917. The van der Waals surface area contributed by atoms with Crippen LogP contribution >= 0.6 is 0 Å². The number of piperidine rings is 2. The van der Waals surface area contributed by atoms with E-state index in [0.717, 1.165) is 0 Å². The van der Waals surface area contributed by atoms with Crippen LogP contribution < -0.4 is 15.6 Å². The molecule has 2 amide bonds. The van der Waals surface area contributed by atoms with Crippen molar-refractivity contribution in [3.05, 3.63) is 58.5 Å². The van der Waals surface area contributed by atoms with Crippen LogP contribution in [0.2, 0.25) is 0 Å². The molecule has 1 aromatic carbocycles. The highest BCUT2D eigenvalue weighted by Gasteiger charge is 2.40. The van der Waals surface area contributed by atoms with Crippen LogP contribution in [0.25, 0.3) is 5.69 Å². The summed E-state index contributed by atoms with van der Waals surface area (Å²) in [6, 6.07) is 12.4. The highest BCUT2D eigenvalue weighted by molar-refractivity contribution is 5.97. The highest BCUT2D eigenvalue weighted by Crippen LogP contribution is 2.30. The third-order valence-corrected chi connectivity index (χ3v) is 5.86. The predicted octanol–water partition coefficient (Wildman–Crippen LogP) is 1.34. The number of nitrogens with one attached hydrogen (secondary N) is 1. The van der Waals surface area contributed by atoms with Gasteiger partial charge < -0.3 is 15.0 Å². The Kier molecular flexibility index (Phi) is 5.27. The first-order valence-corrected chi connectivity index (χ1v) is 9.87. The lowest BCUT2D eigenvalue weighted by atomic mass is 9.80. The molecule has 2 aromatic rings. The van der Waals surface area contributed by atoms with Crippen LogP contribution in [0, 0.1) is 23.2 Å².